The number of aryl methyl sites for hydroxylation is 1. The molecule has 1 aromatic carbocycles. The van der Waals surface area contributed by atoms with Gasteiger partial charge in [0, 0.05) is 19.6 Å². The summed E-state index contributed by atoms with van der Waals surface area (Å²) in [7, 11) is 1.92. The van der Waals surface area contributed by atoms with Gasteiger partial charge in [0.2, 0.25) is 0 Å². The van der Waals surface area contributed by atoms with E-state index in [2.05, 4.69) is 20.6 Å². The number of piperazine rings is 1. The molecule has 7 nitrogen and oxygen atoms in total. The molecule has 4 rings (SSSR count). The van der Waals surface area contributed by atoms with Gasteiger partial charge in [-0.05, 0) is 25.6 Å². The van der Waals surface area contributed by atoms with Crippen molar-refractivity contribution in [2.45, 2.75) is 19.1 Å². The van der Waals surface area contributed by atoms with Crippen molar-refractivity contribution in [1.29, 1.82) is 0 Å². The van der Waals surface area contributed by atoms with Crippen molar-refractivity contribution < 1.29 is 17.7 Å². The van der Waals surface area contributed by atoms with Crippen LogP contribution in [0.25, 0.3) is 17.1 Å². The summed E-state index contributed by atoms with van der Waals surface area (Å²) in [6.45, 7) is 3.95. The fourth-order valence-electron chi connectivity index (χ4n) is 3.34. The van der Waals surface area contributed by atoms with Crippen molar-refractivity contribution in [2.75, 3.05) is 26.7 Å². The Labute approximate surface area is 171 Å². The monoisotopic (exact) mass is 428 g/mol. The van der Waals surface area contributed by atoms with Crippen molar-refractivity contribution in [2.24, 2.45) is 0 Å². The van der Waals surface area contributed by atoms with Crippen LogP contribution >= 0.6 is 12.4 Å². The number of alkyl halides is 3. The number of halogens is 4. The van der Waals surface area contributed by atoms with Gasteiger partial charge in [-0.3, -0.25) is 4.90 Å². The van der Waals surface area contributed by atoms with Gasteiger partial charge < -0.3 is 9.84 Å². The molecular formula is C18H20ClF3N6O. The van der Waals surface area contributed by atoms with Gasteiger partial charge in [0.15, 0.2) is 11.5 Å². The van der Waals surface area contributed by atoms with Gasteiger partial charge >= 0.3 is 6.18 Å². The minimum Gasteiger partial charge on any atom is -0.334 e. The van der Waals surface area contributed by atoms with Crippen LogP contribution in [0.4, 0.5) is 13.2 Å². The third kappa shape index (κ3) is 4.00. The lowest BCUT2D eigenvalue weighted by Crippen LogP contribution is -2.44. The Hall–Kier alpha value is -2.43. The lowest BCUT2D eigenvalue weighted by molar-refractivity contribution is -0.142. The molecule has 0 amide bonds. The molecule has 29 heavy (non-hydrogen) atoms. The van der Waals surface area contributed by atoms with Gasteiger partial charge in [0.25, 0.3) is 5.89 Å². The summed E-state index contributed by atoms with van der Waals surface area (Å²) in [5, 5.41) is 11.1. The van der Waals surface area contributed by atoms with E-state index in [9.17, 15) is 13.2 Å². The van der Waals surface area contributed by atoms with Crippen molar-refractivity contribution >= 4 is 12.4 Å². The SMILES string of the molecule is Cc1ccccc1-n1ncc(-c2nc(C3CNCCN3C)no2)c1C(F)(F)F.Cl. The van der Waals surface area contributed by atoms with Gasteiger partial charge in [-0.15, -0.1) is 12.4 Å². The molecule has 1 saturated heterocycles. The van der Waals surface area contributed by atoms with Crippen LogP contribution in [-0.2, 0) is 6.18 Å². The van der Waals surface area contributed by atoms with E-state index in [-0.39, 0.29) is 29.9 Å². The van der Waals surface area contributed by atoms with Gasteiger partial charge in [-0.25, -0.2) is 4.68 Å². The van der Waals surface area contributed by atoms with Crippen LogP contribution in [0.2, 0.25) is 0 Å². The van der Waals surface area contributed by atoms with Crippen LogP contribution < -0.4 is 5.32 Å². The molecule has 11 heteroatoms. The highest BCUT2D eigenvalue weighted by molar-refractivity contribution is 5.85. The van der Waals surface area contributed by atoms with Gasteiger partial charge in [0.1, 0.15) is 0 Å². The predicted octanol–water partition coefficient (Wildman–Crippen LogP) is 3.25. The summed E-state index contributed by atoms with van der Waals surface area (Å²) < 4.78 is 47.8. The van der Waals surface area contributed by atoms with Crippen LogP contribution in [-0.4, -0.2) is 51.5 Å². The molecule has 0 saturated carbocycles. The standard InChI is InChI=1S/C18H19F3N6O.ClH/c1-11-5-3-4-6-13(11)27-15(18(19,20)21)12(9-23-27)17-24-16(25-28-17)14-10-22-7-8-26(14)2;/h3-6,9,14,22H,7-8,10H2,1-2H3;1H. The summed E-state index contributed by atoms with van der Waals surface area (Å²) >= 11 is 0. The lowest BCUT2D eigenvalue weighted by atomic mass is 10.1. The molecule has 1 aliphatic rings. The molecular weight excluding hydrogens is 409 g/mol. The van der Waals surface area contributed by atoms with E-state index in [1.165, 1.54) is 0 Å². The number of rotatable bonds is 3. The van der Waals surface area contributed by atoms with Crippen LogP contribution in [0.15, 0.2) is 35.0 Å². The number of benzene rings is 1. The van der Waals surface area contributed by atoms with Gasteiger partial charge in [-0.1, -0.05) is 23.4 Å². The van der Waals surface area contributed by atoms with E-state index in [4.69, 9.17) is 4.52 Å². The molecule has 2 aromatic heterocycles. The highest BCUT2D eigenvalue weighted by Crippen LogP contribution is 2.38. The average molecular weight is 429 g/mol. The van der Waals surface area contributed by atoms with Crippen LogP contribution in [0, 0.1) is 6.92 Å². The first kappa shape index (κ1) is 21.3. The maximum atomic E-state index is 13.9. The number of nitrogens with one attached hydrogen (secondary N) is 1. The minimum absolute atomic E-state index is 0. The maximum absolute atomic E-state index is 13.9. The zero-order valence-electron chi connectivity index (χ0n) is 15.8. The smallest absolute Gasteiger partial charge is 0.334 e. The quantitative estimate of drug-likeness (QED) is 0.690. The van der Waals surface area contributed by atoms with E-state index in [1.807, 2.05) is 11.9 Å². The topological polar surface area (TPSA) is 72.0 Å². The number of hydrogen-bond donors (Lipinski definition) is 1. The van der Waals surface area contributed by atoms with Gasteiger partial charge in [0.05, 0.1) is 23.5 Å². The summed E-state index contributed by atoms with van der Waals surface area (Å²) in [4.78, 5) is 6.28. The zero-order valence-corrected chi connectivity index (χ0v) is 16.6. The molecule has 1 fully saturated rings. The lowest BCUT2D eigenvalue weighted by Gasteiger charge is -2.30. The summed E-state index contributed by atoms with van der Waals surface area (Å²) in [5.41, 5.74) is -0.158. The Balaban J connectivity index is 0.00000240. The van der Waals surface area contributed by atoms with E-state index < -0.39 is 11.9 Å². The molecule has 156 valence electrons. The first-order valence-corrected chi connectivity index (χ1v) is 8.82. The Morgan fingerprint density at radius 3 is 2.69 bits per heavy atom. The van der Waals surface area contributed by atoms with Gasteiger partial charge in [-0.2, -0.15) is 23.3 Å². The molecule has 1 N–H and O–H groups in total. The normalized spacial score (nSPS) is 17.9. The molecule has 1 aliphatic heterocycles. The highest BCUT2D eigenvalue weighted by Gasteiger charge is 2.41. The molecule has 1 unspecified atom stereocenters. The largest absolute Gasteiger partial charge is 0.434 e. The Kier molecular flexibility index (Phi) is 5.97. The molecule has 0 aliphatic carbocycles. The fraction of sp³-hybridized carbons (Fsp3) is 0.389. The number of nitrogens with zero attached hydrogens (tertiary/aromatic N) is 5. The second kappa shape index (κ2) is 8.13. The van der Waals surface area contributed by atoms with E-state index >= 15 is 0 Å². The molecule has 3 aromatic rings. The summed E-state index contributed by atoms with van der Waals surface area (Å²) in [5.74, 6) is 0.155. The number of aromatic nitrogens is 4. The van der Waals surface area contributed by atoms with Crippen molar-refractivity contribution in [3.8, 4) is 17.1 Å². The summed E-state index contributed by atoms with van der Waals surface area (Å²) in [6.07, 6.45) is -3.53. The van der Waals surface area contributed by atoms with Crippen molar-refractivity contribution in [3.63, 3.8) is 0 Å². The number of hydrogen-bond acceptors (Lipinski definition) is 6. The first-order chi connectivity index (χ1) is 13.4. The highest BCUT2D eigenvalue weighted by atomic mass is 35.5. The van der Waals surface area contributed by atoms with Crippen LogP contribution in [0.5, 0.6) is 0 Å². The first-order valence-electron chi connectivity index (χ1n) is 8.82. The predicted molar refractivity (Wildman–Crippen MR) is 102 cm³/mol. The molecule has 1 atom stereocenters. The molecule has 0 spiro atoms. The van der Waals surface area contributed by atoms with E-state index in [0.717, 1.165) is 24.0 Å². The molecule has 0 radical (unpaired) electrons. The number of para-hydroxylation sites is 1. The summed E-state index contributed by atoms with van der Waals surface area (Å²) in [6, 6.07) is 6.58. The second-order valence-electron chi connectivity index (χ2n) is 6.76. The molecule has 0 bridgehead atoms. The zero-order chi connectivity index (χ0) is 19.9. The average Bonchev–Trinajstić information content (AvgIpc) is 3.29. The minimum atomic E-state index is -4.65. The van der Waals surface area contributed by atoms with Crippen LogP contribution in [0.1, 0.15) is 23.1 Å². The third-order valence-electron chi connectivity index (χ3n) is 4.86. The Morgan fingerprint density at radius 2 is 2.00 bits per heavy atom. The maximum Gasteiger partial charge on any atom is 0.434 e. The fourth-order valence-corrected chi connectivity index (χ4v) is 3.34. The van der Waals surface area contributed by atoms with Crippen LogP contribution in [0.3, 0.4) is 0 Å². The number of likely N-dealkylation sites (N-methyl/N-ethyl adjacent to an activating group) is 1. The van der Waals surface area contributed by atoms with E-state index in [1.54, 1.807) is 31.2 Å². The third-order valence-corrected chi connectivity index (χ3v) is 4.86. The second-order valence-corrected chi connectivity index (χ2v) is 6.76. The van der Waals surface area contributed by atoms with Crippen molar-refractivity contribution in [3.05, 3.63) is 47.5 Å². The van der Waals surface area contributed by atoms with Crippen molar-refractivity contribution in [1.82, 2.24) is 30.1 Å². The Morgan fingerprint density at radius 1 is 1.24 bits per heavy atom. The molecule has 3 heterocycles. The Bertz CT molecular complexity index is 986. The van der Waals surface area contributed by atoms with E-state index in [0.29, 0.717) is 23.6 Å².